The fourth-order valence-electron chi connectivity index (χ4n) is 1.22. The summed E-state index contributed by atoms with van der Waals surface area (Å²) in [5.41, 5.74) is 4.60. The lowest BCUT2D eigenvalue weighted by Gasteiger charge is -2.23. The molecule has 1 heterocycles. The zero-order valence-electron chi connectivity index (χ0n) is 11.1. The van der Waals surface area contributed by atoms with Crippen molar-refractivity contribution < 1.29 is 14.3 Å². The number of hydrogen-bond acceptors (Lipinski definition) is 6. The Morgan fingerprint density at radius 2 is 2.16 bits per heavy atom. The molecule has 1 aromatic rings. The summed E-state index contributed by atoms with van der Waals surface area (Å²) in [5, 5.41) is 4.87. The van der Waals surface area contributed by atoms with E-state index in [1.807, 2.05) is 0 Å². The van der Waals surface area contributed by atoms with Crippen molar-refractivity contribution in [2.75, 3.05) is 6.61 Å². The summed E-state index contributed by atoms with van der Waals surface area (Å²) >= 11 is 1.31. The minimum absolute atomic E-state index is 0. The molecule has 0 aliphatic heterocycles. The van der Waals surface area contributed by atoms with E-state index in [0.717, 1.165) is 0 Å². The van der Waals surface area contributed by atoms with Crippen LogP contribution >= 0.6 is 23.7 Å². The number of esters is 1. The zero-order valence-corrected chi connectivity index (χ0v) is 12.7. The summed E-state index contributed by atoms with van der Waals surface area (Å²) < 4.78 is 4.88. The molecule has 0 aromatic carbocycles. The summed E-state index contributed by atoms with van der Waals surface area (Å²) in [7, 11) is 0. The lowest BCUT2D eigenvalue weighted by atomic mass is 10.1. The van der Waals surface area contributed by atoms with Crippen LogP contribution in [0.25, 0.3) is 0 Å². The van der Waals surface area contributed by atoms with E-state index >= 15 is 0 Å². The van der Waals surface area contributed by atoms with Crippen LogP contribution in [0.1, 0.15) is 36.3 Å². The number of ether oxygens (including phenoxy) is 1. The van der Waals surface area contributed by atoms with Gasteiger partial charge in [-0.3, -0.25) is 4.79 Å². The lowest BCUT2D eigenvalue weighted by molar-refractivity contribution is -0.149. The summed E-state index contributed by atoms with van der Waals surface area (Å²) in [6.07, 6.45) is 0. The Labute approximate surface area is 122 Å². The minimum Gasteiger partial charge on any atom is -0.464 e. The van der Waals surface area contributed by atoms with E-state index in [9.17, 15) is 9.59 Å². The van der Waals surface area contributed by atoms with E-state index in [1.54, 1.807) is 26.2 Å². The summed E-state index contributed by atoms with van der Waals surface area (Å²) in [4.78, 5) is 27.5. The molecule has 3 N–H and O–H groups in total. The molecule has 0 fully saturated rings. The molecular formula is C11H18ClN3O3S. The highest BCUT2D eigenvalue weighted by molar-refractivity contribution is 7.09. The van der Waals surface area contributed by atoms with Gasteiger partial charge in [-0.15, -0.1) is 23.7 Å². The molecule has 1 aromatic heterocycles. The number of halogens is 1. The topological polar surface area (TPSA) is 94.3 Å². The van der Waals surface area contributed by atoms with Gasteiger partial charge in [0.25, 0.3) is 5.91 Å². The first-order chi connectivity index (χ1) is 8.40. The molecule has 0 saturated carbocycles. The first-order valence-electron chi connectivity index (χ1n) is 5.55. The van der Waals surface area contributed by atoms with Crippen molar-refractivity contribution in [1.82, 2.24) is 10.3 Å². The van der Waals surface area contributed by atoms with E-state index in [4.69, 9.17) is 10.5 Å². The number of carbonyl (C=O) groups is 2. The van der Waals surface area contributed by atoms with Gasteiger partial charge in [-0.2, -0.15) is 0 Å². The third-order valence-corrected chi connectivity index (χ3v) is 3.04. The summed E-state index contributed by atoms with van der Waals surface area (Å²) in [6, 6.07) is 0. The molecule has 0 bridgehead atoms. The van der Waals surface area contributed by atoms with Crippen molar-refractivity contribution in [3.8, 4) is 0 Å². The fourth-order valence-corrected chi connectivity index (χ4v) is 1.87. The molecule has 0 saturated heterocycles. The van der Waals surface area contributed by atoms with Crippen molar-refractivity contribution in [2.45, 2.75) is 32.9 Å². The maximum Gasteiger partial charge on any atom is 0.331 e. The SMILES string of the molecule is CCOC(=O)C(C)(C)NC(=O)c1csc(CN)n1.Cl. The summed E-state index contributed by atoms with van der Waals surface area (Å²) in [5.74, 6) is -0.892. The van der Waals surface area contributed by atoms with Gasteiger partial charge in [0.15, 0.2) is 0 Å². The lowest BCUT2D eigenvalue weighted by Crippen LogP contribution is -2.50. The Balaban J connectivity index is 0.00000324. The van der Waals surface area contributed by atoms with Crippen LogP contribution in [0.5, 0.6) is 0 Å². The third-order valence-electron chi connectivity index (χ3n) is 2.17. The Kier molecular flexibility index (Phi) is 6.96. The van der Waals surface area contributed by atoms with Crippen molar-refractivity contribution >= 4 is 35.6 Å². The molecule has 8 heteroatoms. The van der Waals surface area contributed by atoms with E-state index in [2.05, 4.69) is 10.3 Å². The molecule has 1 amide bonds. The molecule has 108 valence electrons. The average Bonchev–Trinajstić information content (AvgIpc) is 2.77. The van der Waals surface area contributed by atoms with Crippen LogP contribution in [-0.2, 0) is 16.1 Å². The van der Waals surface area contributed by atoms with Crippen molar-refractivity contribution in [3.05, 3.63) is 16.1 Å². The van der Waals surface area contributed by atoms with Gasteiger partial charge >= 0.3 is 5.97 Å². The highest BCUT2D eigenvalue weighted by Crippen LogP contribution is 2.11. The number of thiazole rings is 1. The highest BCUT2D eigenvalue weighted by Gasteiger charge is 2.31. The van der Waals surface area contributed by atoms with Gasteiger partial charge in [-0.1, -0.05) is 0 Å². The van der Waals surface area contributed by atoms with Gasteiger partial charge in [-0.25, -0.2) is 9.78 Å². The fraction of sp³-hybridized carbons (Fsp3) is 0.545. The number of nitrogens with zero attached hydrogens (tertiary/aromatic N) is 1. The predicted molar refractivity (Wildman–Crippen MR) is 75.4 cm³/mol. The van der Waals surface area contributed by atoms with Crippen LogP contribution in [0.4, 0.5) is 0 Å². The minimum atomic E-state index is -1.08. The largest absolute Gasteiger partial charge is 0.464 e. The normalized spacial score (nSPS) is 10.5. The van der Waals surface area contributed by atoms with Crippen LogP contribution in [0.15, 0.2) is 5.38 Å². The second kappa shape index (κ2) is 7.42. The van der Waals surface area contributed by atoms with Crippen molar-refractivity contribution in [1.29, 1.82) is 0 Å². The summed E-state index contributed by atoms with van der Waals surface area (Å²) in [6.45, 7) is 5.44. The average molecular weight is 308 g/mol. The first-order valence-corrected chi connectivity index (χ1v) is 6.43. The molecule has 0 unspecified atom stereocenters. The maximum absolute atomic E-state index is 11.9. The number of hydrogen-bond donors (Lipinski definition) is 2. The second-order valence-corrected chi connectivity index (χ2v) is 5.07. The van der Waals surface area contributed by atoms with Gasteiger partial charge in [-0.05, 0) is 20.8 Å². The van der Waals surface area contributed by atoms with Gasteiger partial charge in [0.2, 0.25) is 0 Å². The molecular weight excluding hydrogens is 290 g/mol. The number of amides is 1. The Morgan fingerprint density at radius 3 is 2.63 bits per heavy atom. The van der Waals surface area contributed by atoms with E-state index in [1.165, 1.54) is 11.3 Å². The molecule has 0 atom stereocenters. The zero-order chi connectivity index (χ0) is 13.8. The standard InChI is InChI=1S/C11H17N3O3S.ClH/c1-4-17-10(16)11(2,3)14-9(15)7-6-18-8(5-12)13-7;/h6H,4-5,12H2,1-3H3,(H,14,15);1H. The molecule has 0 radical (unpaired) electrons. The quantitative estimate of drug-likeness (QED) is 0.794. The van der Waals surface area contributed by atoms with Crippen LogP contribution in [0.3, 0.4) is 0 Å². The van der Waals surface area contributed by atoms with E-state index < -0.39 is 17.4 Å². The molecule has 0 aliphatic carbocycles. The Hall–Kier alpha value is -1.18. The van der Waals surface area contributed by atoms with E-state index in [0.29, 0.717) is 11.6 Å². The van der Waals surface area contributed by atoms with Crippen LogP contribution in [-0.4, -0.2) is 29.0 Å². The Morgan fingerprint density at radius 1 is 1.53 bits per heavy atom. The first kappa shape index (κ1) is 17.8. The van der Waals surface area contributed by atoms with Crippen molar-refractivity contribution in [2.24, 2.45) is 5.73 Å². The van der Waals surface area contributed by atoms with Crippen molar-refractivity contribution in [3.63, 3.8) is 0 Å². The Bertz CT molecular complexity index is 448. The number of carbonyl (C=O) groups excluding carboxylic acids is 2. The van der Waals surface area contributed by atoms with Crippen LogP contribution < -0.4 is 11.1 Å². The predicted octanol–water partition coefficient (Wildman–Crippen LogP) is 1.10. The van der Waals surface area contributed by atoms with Gasteiger partial charge in [0, 0.05) is 11.9 Å². The number of nitrogens with two attached hydrogens (primary N) is 1. The number of nitrogens with one attached hydrogen (secondary N) is 1. The second-order valence-electron chi connectivity index (χ2n) is 4.13. The van der Waals surface area contributed by atoms with Crippen LogP contribution in [0.2, 0.25) is 0 Å². The van der Waals surface area contributed by atoms with Gasteiger partial charge in [0.1, 0.15) is 16.2 Å². The monoisotopic (exact) mass is 307 g/mol. The highest BCUT2D eigenvalue weighted by atomic mass is 35.5. The smallest absolute Gasteiger partial charge is 0.331 e. The maximum atomic E-state index is 11.9. The van der Waals surface area contributed by atoms with Gasteiger partial charge in [0.05, 0.1) is 6.61 Å². The van der Waals surface area contributed by atoms with Crippen LogP contribution in [0, 0.1) is 0 Å². The third kappa shape index (κ3) is 4.77. The molecule has 1 rings (SSSR count). The molecule has 6 nitrogen and oxygen atoms in total. The van der Waals surface area contributed by atoms with E-state index in [-0.39, 0.29) is 24.7 Å². The van der Waals surface area contributed by atoms with Gasteiger partial charge < -0.3 is 15.8 Å². The molecule has 0 spiro atoms. The number of aromatic nitrogens is 1. The number of rotatable bonds is 5. The molecule has 0 aliphatic rings. The molecule has 19 heavy (non-hydrogen) atoms.